The van der Waals surface area contributed by atoms with Crippen molar-refractivity contribution in [2.24, 2.45) is 0 Å². The van der Waals surface area contributed by atoms with E-state index < -0.39 is 11.8 Å². The minimum absolute atomic E-state index is 0.128. The lowest BCUT2D eigenvalue weighted by atomic mass is 10.1. The molecule has 33 heavy (non-hydrogen) atoms. The van der Waals surface area contributed by atoms with Crippen LogP contribution in [0.1, 0.15) is 40.7 Å². The van der Waals surface area contributed by atoms with E-state index in [1.807, 2.05) is 36.5 Å². The Morgan fingerprint density at radius 3 is 2.36 bits per heavy atom. The van der Waals surface area contributed by atoms with Crippen molar-refractivity contribution in [1.29, 1.82) is 0 Å². The van der Waals surface area contributed by atoms with Gasteiger partial charge in [0.25, 0.3) is 5.91 Å². The predicted molar refractivity (Wildman–Crippen MR) is 124 cm³/mol. The van der Waals surface area contributed by atoms with Gasteiger partial charge in [-0.05, 0) is 37.0 Å². The topological polar surface area (TPSA) is 96.3 Å². The fourth-order valence-corrected chi connectivity index (χ4v) is 3.84. The molecule has 8 heteroatoms. The molecular weight excluding hydrogens is 418 g/mol. The second-order valence-electron chi connectivity index (χ2n) is 8.07. The van der Waals surface area contributed by atoms with Gasteiger partial charge in [0.1, 0.15) is 0 Å². The number of aromatic nitrogens is 2. The molecule has 0 spiro atoms. The van der Waals surface area contributed by atoms with Crippen LogP contribution in [0.4, 0.5) is 5.69 Å². The van der Waals surface area contributed by atoms with Crippen LogP contribution >= 0.6 is 0 Å². The summed E-state index contributed by atoms with van der Waals surface area (Å²) in [6.07, 6.45) is 6.56. The van der Waals surface area contributed by atoms with Gasteiger partial charge in [0.15, 0.2) is 0 Å². The molecule has 0 bridgehead atoms. The summed E-state index contributed by atoms with van der Waals surface area (Å²) in [6, 6.07) is 16.7. The van der Waals surface area contributed by atoms with Gasteiger partial charge in [-0.2, -0.15) is 5.10 Å². The van der Waals surface area contributed by atoms with Gasteiger partial charge in [-0.25, -0.2) is 0 Å². The van der Waals surface area contributed by atoms with Crippen molar-refractivity contribution < 1.29 is 14.4 Å². The van der Waals surface area contributed by atoms with E-state index in [0.717, 1.165) is 30.4 Å². The Morgan fingerprint density at radius 1 is 0.848 bits per heavy atom. The van der Waals surface area contributed by atoms with E-state index in [1.165, 1.54) is 0 Å². The first-order chi connectivity index (χ1) is 16.1. The highest BCUT2D eigenvalue weighted by Gasteiger charge is 2.22. The van der Waals surface area contributed by atoms with Crippen molar-refractivity contribution in [3.63, 3.8) is 0 Å². The Morgan fingerprint density at radius 2 is 1.58 bits per heavy atom. The number of hydrogen-bond acceptors (Lipinski definition) is 4. The predicted octanol–water partition coefficient (Wildman–Crippen LogP) is 2.81. The number of anilines is 1. The average Bonchev–Trinajstić information content (AvgIpc) is 3.30. The highest BCUT2D eigenvalue weighted by molar-refractivity contribution is 6.40. The molecule has 0 atom stereocenters. The zero-order valence-electron chi connectivity index (χ0n) is 18.4. The first-order valence-electron chi connectivity index (χ1n) is 11.1. The lowest BCUT2D eigenvalue weighted by molar-refractivity contribution is -0.136. The molecule has 3 amide bonds. The molecule has 0 radical (unpaired) electrons. The largest absolute Gasteiger partial charge is 0.344 e. The van der Waals surface area contributed by atoms with E-state index in [9.17, 15) is 14.4 Å². The Labute approximate surface area is 192 Å². The number of para-hydroxylation sites is 1. The molecule has 2 heterocycles. The lowest BCUT2D eigenvalue weighted by Gasteiger charge is -2.27. The SMILES string of the molecule is O=C(NCc1cnn(Cc2ccccc2)c1)C(=O)Nc1ccccc1C(=O)N1CCCCC1. The second kappa shape index (κ2) is 10.6. The number of nitrogens with zero attached hydrogens (tertiary/aromatic N) is 3. The molecule has 1 aliphatic heterocycles. The summed E-state index contributed by atoms with van der Waals surface area (Å²) < 4.78 is 1.78. The monoisotopic (exact) mass is 445 g/mol. The molecule has 0 aliphatic carbocycles. The van der Waals surface area contributed by atoms with Gasteiger partial charge in [0, 0.05) is 31.4 Å². The number of nitrogens with one attached hydrogen (secondary N) is 2. The first kappa shape index (κ1) is 22.3. The number of likely N-dealkylation sites (tertiary alicyclic amines) is 1. The molecule has 1 aromatic heterocycles. The van der Waals surface area contributed by atoms with Crippen molar-refractivity contribution in [1.82, 2.24) is 20.0 Å². The molecule has 170 valence electrons. The van der Waals surface area contributed by atoms with E-state index in [2.05, 4.69) is 15.7 Å². The highest BCUT2D eigenvalue weighted by Crippen LogP contribution is 2.20. The van der Waals surface area contributed by atoms with Gasteiger partial charge in [-0.15, -0.1) is 0 Å². The summed E-state index contributed by atoms with van der Waals surface area (Å²) in [5.41, 5.74) is 2.63. The molecule has 2 aromatic carbocycles. The van der Waals surface area contributed by atoms with Gasteiger partial charge in [-0.3, -0.25) is 19.1 Å². The zero-order valence-corrected chi connectivity index (χ0v) is 18.4. The first-order valence-corrected chi connectivity index (χ1v) is 11.1. The fourth-order valence-electron chi connectivity index (χ4n) is 3.84. The van der Waals surface area contributed by atoms with Crippen molar-refractivity contribution in [3.05, 3.63) is 83.7 Å². The highest BCUT2D eigenvalue weighted by atomic mass is 16.2. The Bertz CT molecular complexity index is 1120. The average molecular weight is 446 g/mol. The maximum absolute atomic E-state index is 12.9. The van der Waals surface area contributed by atoms with Crippen LogP contribution in [0.25, 0.3) is 0 Å². The molecule has 2 N–H and O–H groups in total. The summed E-state index contributed by atoms with van der Waals surface area (Å²) >= 11 is 0. The van der Waals surface area contributed by atoms with E-state index in [1.54, 1.807) is 40.0 Å². The van der Waals surface area contributed by atoms with Gasteiger partial charge in [0.2, 0.25) is 0 Å². The number of rotatable bonds is 6. The van der Waals surface area contributed by atoms with Crippen LogP contribution in [0.2, 0.25) is 0 Å². The van der Waals surface area contributed by atoms with Crippen LogP contribution in [-0.2, 0) is 22.7 Å². The second-order valence-corrected chi connectivity index (χ2v) is 8.07. The molecule has 8 nitrogen and oxygen atoms in total. The van der Waals surface area contributed by atoms with E-state index in [-0.39, 0.29) is 12.5 Å². The maximum atomic E-state index is 12.9. The third-order valence-electron chi connectivity index (χ3n) is 5.58. The Balaban J connectivity index is 1.32. The molecule has 1 saturated heterocycles. The van der Waals surface area contributed by atoms with Gasteiger partial charge in [0.05, 0.1) is 24.0 Å². The van der Waals surface area contributed by atoms with Crippen LogP contribution < -0.4 is 10.6 Å². The third-order valence-corrected chi connectivity index (χ3v) is 5.58. The van der Waals surface area contributed by atoms with E-state index in [0.29, 0.717) is 30.9 Å². The van der Waals surface area contributed by atoms with E-state index in [4.69, 9.17) is 0 Å². The third kappa shape index (κ3) is 5.85. The molecule has 3 aromatic rings. The van der Waals surface area contributed by atoms with Crippen LogP contribution in [-0.4, -0.2) is 45.5 Å². The summed E-state index contributed by atoms with van der Waals surface area (Å²) in [5, 5.41) is 9.49. The number of hydrogen-bond donors (Lipinski definition) is 2. The number of piperidine rings is 1. The number of carbonyl (C=O) groups excluding carboxylic acids is 3. The van der Waals surface area contributed by atoms with Gasteiger partial charge in [-0.1, -0.05) is 42.5 Å². The van der Waals surface area contributed by atoms with Gasteiger partial charge < -0.3 is 15.5 Å². The molecule has 0 unspecified atom stereocenters. The van der Waals surface area contributed by atoms with Crippen LogP contribution in [0, 0.1) is 0 Å². The maximum Gasteiger partial charge on any atom is 0.313 e. The Hall–Kier alpha value is -3.94. The smallest absolute Gasteiger partial charge is 0.313 e. The van der Waals surface area contributed by atoms with Crippen molar-refractivity contribution in [3.8, 4) is 0 Å². The van der Waals surface area contributed by atoms with Crippen molar-refractivity contribution >= 4 is 23.4 Å². The van der Waals surface area contributed by atoms with Gasteiger partial charge >= 0.3 is 11.8 Å². The lowest BCUT2D eigenvalue weighted by Crippen LogP contribution is -2.37. The summed E-state index contributed by atoms with van der Waals surface area (Å²) in [6.45, 7) is 2.21. The quantitative estimate of drug-likeness (QED) is 0.571. The minimum Gasteiger partial charge on any atom is -0.344 e. The summed E-state index contributed by atoms with van der Waals surface area (Å²) in [5.74, 6) is -1.71. The van der Waals surface area contributed by atoms with Crippen LogP contribution in [0.15, 0.2) is 67.0 Å². The summed E-state index contributed by atoms with van der Waals surface area (Å²) in [7, 11) is 0. The fraction of sp³-hybridized carbons (Fsp3) is 0.280. The zero-order chi connectivity index (χ0) is 23.0. The van der Waals surface area contributed by atoms with Crippen LogP contribution in [0.3, 0.4) is 0 Å². The number of benzene rings is 2. The normalized spacial score (nSPS) is 13.4. The van der Waals surface area contributed by atoms with Crippen molar-refractivity contribution in [2.75, 3.05) is 18.4 Å². The Kier molecular flexibility index (Phi) is 7.14. The summed E-state index contributed by atoms with van der Waals surface area (Å²) in [4.78, 5) is 39.5. The van der Waals surface area contributed by atoms with Crippen molar-refractivity contribution in [2.45, 2.75) is 32.4 Å². The number of carbonyl (C=O) groups is 3. The van der Waals surface area contributed by atoms with E-state index >= 15 is 0 Å². The minimum atomic E-state index is -0.814. The molecule has 1 fully saturated rings. The standard InChI is InChI=1S/C25H27N5O3/c31-23(26-15-20-16-27-30(18-20)17-19-9-3-1-4-10-19)24(32)28-22-12-6-5-11-21(22)25(33)29-13-7-2-8-14-29/h1,3-6,9-12,16,18H,2,7-8,13-15,17H2,(H,26,31)(H,28,32). The molecule has 1 aliphatic rings. The van der Waals surface area contributed by atoms with Crippen LogP contribution in [0.5, 0.6) is 0 Å². The molecule has 0 saturated carbocycles. The molecular formula is C25H27N5O3. The molecule has 4 rings (SSSR count). The number of amides is 3.